The number of carbonyl (C=O) groups excluding carboxylic acids is 4. The Morgan fingerprint density at radius 1 is 0.788 bits per heavy atom. The highest BCUT2D eigenvalue weighted by Crippen LogP contribution is 2.07. The second kappa shape index (κ2) is 14.0. The Labute approximate surface area is 190 Å². The topological polar surface area (TPSA) is 251 Å². The van der Waals surface area contributed by atoms with Crippen LogP contribution in [-0.2, 0) is 28.8 Å². The van der Waals surface area contributed by atoms with E-state index in [9.17, 15) is 39.0 Å². The molecule has 0 aliphatic rings. The molecular weight excluding hydrogens is 442 g/mol. The van der Waals surface area contributed by atoms with Crippen LogP contribution in [0.1, 0.15) is 46.5 Å². The summed E-state index contributed by atoms with van der Waals surface area (Å²) < 4.78 is 0. The minimum Gasteiger partial charge on any atom is -0.481 e. The van der Waals surface area contributed by atoms with Gasteiger partial charge in [0.15, 0.2) is 0 Å². The standard InChI is InChI=1S/C19H33N5O9/c1-8(2)15(18(31)23-11(19(32)33)5-7-13(27)28)24-16(29)10(4-6-12(20)26)22-17(30)14(21)9(3)25/h8-11,14-15,25H,4-7,21H2,1-3H3,(H2,20,26)(H,22,30)(H,23,31)(H,24,29)(H,27,28)(H,32,33). The summed E-state index contributed by atoms with van der Waals surface area (Å²) in [6, 6.07) is -5.43. The van der Waals surface area contributed by atoms with Crippen molar-refractivity contribution in [2.75, 3.05) is 0 Å². The van der Waals surface area contributed by atoms with E-state index in [4.69, 9.17) is 16.6 Å². The number of carboxylic acid groups (broad SMARTS) is 2. The molecule has 4 amide bonds. The first-order chi connectivity index (χ1) is 15.2. The van der Waals surface area contributed by atoms with Gasteiger partial charge in [-0.15, -0.1) is 0 Å². The van der Waals surface area contributed by atoms with Gasteiger partial charge in [-0.1, -0.05) is 13.8 Å². The number of aliphatic hydroxyl groups is 1. The molecule has 0 rings (SSSR count). The second-order valence-corrected chi connectivity index (χ2v) is 7.89. The second-order valence-electron chi connectivity index (χ2n) is 7.89. The van der Waals surface area contributed by atoms with Crippen molar-refractivity contribution in [2.45, 2.75) is 76.7 Å². The quantitative estimate of drug-likeness (QED) is 0.119. The molecule has 0 spiro atoms. The van der Waals surface area contributed by atoms with Crippen LogP contribution < -0.4 is 27.4 Å². The van der Waals surface area contributed by atoms with Crippen LogP contribution in [0.4, 0.5) is 0 Å². The molecule has 33 heavy (non-hydrogen) atoms. The van der Waals surface area contributed by atoms with Crippen molar-refractivity contribution in [3.05, 3.63) is 0 Å². The molecule has 0 saturated carbocycles. The minimum absolute atomic E-state index is 0.220. The molecule has 5 unspecified atom stereocenters. The minimum atomic E-state index is -1.50. The molecular formula is C19H33N5O9. The predicted molar refractivity (Wildman–Crippen MR) is 113 cm³/mol. The molecule has 14 nitrogen and oxygen atoms in total. The summed E-state index contributed by atoms with van der Waals surface area (Å²) >= 11 is 0. The number of carbonyl (C=O) groups is 6. The fraction of sp³-hybridized carbons (Fsp3) is 0.684. The fourth-order valence-electron chi connectivity index (χ4n) is 2.62. The molecule has 0 bridgehead atoms. The SMILES string of the molecule is CC(C)C(NC(=O)C(CCC(N)=O)NC(=O)C(N)C(C)O)C(=O)NC(CCC(=O)O)C(=O)O. The number of aliphatic hydroxyl groups excluding tert-OH is 1. The van der Waals surface area contributed by atoms with Gasteiger partial charge in [-0.3, -0.25) is 24.0 Å². The monoisotopic (exact) mass is 475 g/mol. The van der Waals surface area contributed by atoms with Crippen molar-refractivity contribution >= 4 is 35.6 Å². The van der Waals surface area contributed by atoms with Gasteiger partial charge in [0.25, 0.3) is 0 Å². The smallest absolute Gasteiger partial charge is 0.326 e. The highest BCUT2D eigenvalue weighted by atomic mass is 16.4. The number of nitrogens with two attached hydrogens (primary N) is 2. The van der Waals surface area contributed by atoms with Crippen molar-refractivity contribution < 1.29 is 44.1 Å². The molecule has 0 aliphatic carbocycles. The van der Waals surface area contributed by atoms with E-state index >= 15 is 0 Å². The van der Waals surface area contributed by atoms with Crippen LogP contribution >= 0.6 is 0 Å². The molecule has 0 aliphatic heterocycles. The number of primary amides is 1. The van der Waals surface area contributed by atoms with Crippen LogP contribution in [0.25, 0.3) is 0 Å². The maximum Gasteiger partial charge on any atom is 0.326 e. The summed E-state index contributed by atoms with van der Waals surface area (Å²) in [5, 5.41) is 34.3. The third kappa shape index (κ3) is 11.2. The molecule has 14 heteroatoms. The largest absolute Gasteiger partial charge is 0.481 e. The third-order valence-corrected chi connectivity index (χ3v) is 4.64. The van der Waals surface area contributed by atoms with Crippen LogP contribution in [0.2, 0.25) is 0 Å². The molecule has 0 heterocycles. The lowest BCUT2D eigenvalue weighted by molar-refractivity contribution is -0.143. The lowest BCUT2D eigenvalue weighted by Crippen LogP contribution is -2.59. The zero-order valence-corrected chi connectivity index (χ0v) is 18.7. The Hall–Kier alpha value is -3.26. The number of hydrogen-bond acceptors (Lipinski definition) is 8. The van der Waals surface area contributed by atoms with E-state index in [1.54, 1.807) is 13.8 Å². The van der Waals surface area contributed by atoms with Gasteiger partial charge in [0, 0.05) is 12.8 Å². The molecule has 188 valence electrons. The zero-order valence-electron chi connectivity index (χ0n) is 18.7. The van der Waals surface area contributed by atoms with Crippen LogP contribution in [-0.4, -0.2) is 81.2 Å². The normalized spacial score (nSPS) is 15.5. The van der Waals surface area contributed by atoms with Crippen molar-refractivity contribution in [1.29, 1.82) is 0 Å². The summed E-state index contributed by atoms with van der Waals surface area (Å²) in [5.74, 6) is -6.59. The number of amides is 4. The number of nitrogens with one attached hydrogen (secondary N) is 3. The number of aliphatic carboxylic acids is 2. The summed E-state index contributed by atoms with van der Waals surface area (Å²) in [5.41, 5.74) is 10.6. The fourth-order valence-corrected chi connectivity index (χ4v) is 2.62. The van der Waals surface area contributed by atoms with E-state index in [2.05, 4.69) is 16.0 Å². The Kier molecular flexibility index (Phi) is 12.6. The summed E-state index contributed by atoms with van der Waals surface area (Å²) in [7, 11) is 0. The molecule has 0 radical (unpaired) electrons. The van der Waals surface area contributed by atoms with E-state index in [1.165, 1.54) is 6.92 Å². The van der Waals surface area contributed by atoms with Crippen molar-refractivity contribution in [1.82, 2.24) is 16.0 Å². The Morgan fingerprint density at radius 2 is 1.30 bits per heavy atom. The Morgan fingerprint density at radius 3 is 1.73 bits per heavy atom. The molecule has 0 fully saturated rings. The van der Waals surface area contributed by atoms with Gasteiger partial charge < -0.3 is 42.7 Å². The van der Waals surface area contributed by atoms with Crippen LogP contribution in [0, 0.1) is 5.92 Å². The maximum atomic E-state index is 12.8. The van der Waals surface area contributed by atoms with E-state index in [-0.39, 0.29) is 19.3 Å². The molecule has 0 saturated heterocycles. The molecule has 0 aromatic carbocycles. The Balaban J connectivity index is 5.49. The van der Waals surface area contributed by atoms with Gasteiger partial charge in [0.1, 0.15) is 24.2 Å². The summed E-state index contributed by atoms with van der Waals surface area (Å²) in [4.78, 5) is 70.8. The summed E-state index contributed by atoms with van der Waals surface area (Å²) in [6.45, 7) is 4.40. The number of carboxylic acids is 2. The highest BCUT2D eigenvalue weighted by molar-refractivity contribution is 5.94. The van der Waals surface area contributed by atoms with Gasteiger partial charge in [-0.05, 0) is 25.7 Å². The summed E-state index contributed by atoms with van der Waals surface area (Å²) in [6.07, 6.45) is -2.60. The van der Waals surface area contributed by atoms with Crippen LogP contribution in [0.3, 0.4) is 0 Å². The zero-order chi connectivity index (χ0) is 25.9. The van der Waals surface area contributed by atoms with Gasteiger partial charge in [-0.2, -0.15) is 0 Å². The van der Waals surface area contributed by atoms with Gasteiger partial charge >= 0.3 is 11.9 Å². The van der Waals surface area contributed by atoms with Crippen molar-refractivity contribution in [3.8, 4) is 0 Å². The van der Waals surface area contributed by atoms with Crippen molar-refractivity contribution in [3.63, 3.8) is 0 Å². The lowest BCUT2D eigenvalue weighted by Gasteiger charge is -2.27. The number of rotatable bonds is 15. The van der Waals surface area contributed by atoms with E-state index in [0.717, 1.165) is 0 Å². The average Bonchev–Trinajstić information content (AvgIpc) is 2.70. The number of hydrogen-bond donors (Lipinski definition) is 8. The van der Waals surface area contributed by atoms with E-state index in [0.29, 0.717) is 0 Å². The predicted octanol–water partition coefficient (Wildman–Crippen LogP) is -2.98. The lowest BCUT2D eigenvalue weighted by atomic mass is 10.0. The van der Waals surface area contributed by atoms with E-state index in [1.807, 2.05) is 0 Å². The molecule has 10 N–H and O–H groups in total. The van der Waals surface area contributed by atoms with Crippen LogP contribution in [0.15, 0.2) is 0 Å². The molecule has 0 aromatic heterocycles. The van der Waals surface area contributed by atoms with Crippen molar-refractivity contribution in [2.24, 2.45) is 17.4 Å². The van der Waals surface area contributed by atoms with E-state index < -0.39 is 78.2 Å². The first-order valence-electron chi connectivity index (χ1n) is 10.2. The first kappa shape index (κ1) is 29.7. The maximum absolute atomic E-state index is 12.8. The molecule has 0 aromatic rings. The first-order valence-corrected chi connectivity index (χ1v) is 10.2. The average molecular weight is 475 g/mol. The van der Waals surface area contributed by atoms with Gasteiger partial charge in [0.2, 0.25) is 23.6 Å². The Bertz CT molecular complexity index is 741. The van der Waals surface area contributed by atoms with Gasteiger partial charge in [-0.25, -0.2) is 4.79 Å². The highest BCUT2D eigenvalue weighted by Gasteiger charge is 2.32. The molecule has 5 atom stereocenters. The van der Waals surface area contributed by atoms with Crippen LogP contribution in [0.5, 0.6) is 0 Å². The third-order valence-electron chi connectivity index (χ3n) is 4.64. The van der Waals surface area contributed by atoms with Gasteiger partial charge in [0.05, 0.1) is 6.10 Å².